The fraction of sp³-hybridized carbons (Fsp3) is 0.579. The molecule has 2 fully saturated rings. The summed E-state index contributed by atoms with van der Waals surface area (Å²) < 4.78 is 5.66. The summed E-state index contributed by atoms with van der Waals surface area (Å²) in [6.07, 6.45) is -1.73. The van der Waals surface area contributed by atoms with Crippen molar-refractivity contribution in [2.24, 2.45) is 0 Å². The topological polar surface area (TPSA) is 99.1 Å². The van der Waals surface area contributed by atoms with Crippen LogP contribution in [0.25, 0.3) is 0 Å². The van der Waals surface area contributed by atoms with Crippen molar-refractivity contribution >= 4 is 11.8 Å². The van der Waals surface area contributed by atoms with E-state index in [4.69, 9.17) is 4.74 Å². The molecule has 3 N–H and O–H groups in total. The Morgan fingerprint density at radius 3 is 2.38 bits per heavy atom. The van der Waals surface area contributed by atoms with E-state index >= 15 is 0 Å². The summed E-state index contributed by atoms with van der Waals surface area (Å²) in [5.74, 6) is -0.338. The Balaban J connectivity index is 1.51. The summed E-state index contributed by atoms with van der Waals surface area (Å²) in [5, 5.41) is 23.1. The smallest absolute Gasteiger partial charge is 0.251 e. The quantitative estimate of drug-likeness (QED) is 0.696. The first-order valence-electron chi connectivity index (χ1n) is 9.10. The maximum atomic E-state index is 12.2. The van der Waals surface area contributed by atoms with Crippen molar-refractivity contribution in [3.63, 3.8) is 0 Å². The summed E-state index contributed by atoms with van der Waals surface area (Å²) in [6, 6.07) is 7.14. The lowest BCUT2D eigenvalue weighted by molar-refractivity contribution is -0.134. The number of aliphatic hydroxyl groups is 2. The summed E-state index contributed by atoms with van der Waals surface area (Å²) in [7, 11) is 0. The van der Waals surface area contributed by atoms with Crippen molar-refractivity contribution in [1.29, 1.82) is 0 Å². The Labute approximate surface area is 152 Å². The highest BCUT2D eigenvalue weighted by atomic mass is 16.5. The number of carbonyl (C=O) groups excluding carboxylic acids is 2. The van der Waals surface area contributed by atoms with Crippen LogP contribution in [0.2, 0.25) is 0 Å². The summed E-state index contributed by atoms with van der Waals surface area (Å²) in [4.78, 5) is 26.1. The molecule has 2 aliphatic heterocycles. The fourth-order valence-electron chi connectivity index (χ4n) is 3.43. The number of amides is 2. The van der Waals surface area contributed by atoms with Gasteiger partial charge in [0.15, 0.2) is 0 Å². The van der Waals surface area contributed by atoms with Gasteiger partial charge in [-0.3, -0.25) is 9.59 Å². The first-order chi connectivity index (χ1) is 12.5. The largest absolute Gasteiger partial charge is 0.388 e. The van der Waals surface area contributed by atoms with Crippen LogP contribution in [0.5, 0.6) is 0 Å². The minimum absolute atomic E-state index is 0.0423. The lowest BCUT2D eigenvalue weighted by Gasteiger charge is -2.19. The van der Waals surface area contributed by atoms with Crippen LogP contribution < -0.4 is 5.32 Å². The molecule has 7 heteroatoms. The fourth-order valence-corrected chi connectivity index (χ4v) is 3.43. The third-order valence-corrected chi connectivity index (χ3v) is 5.07. The molecule has 0 aromatic heterocycles. The number of ether oxygens (including phenoxy) is 1. The van der Waals surface area contributed by atoms with Crippen LogP contribution in [0.15, 0.2) is 24.3 Å². The maximum absolute atomic E-state index is 12.2. The number of aryl methyl sites for hydroxylation is 1. The van der Waals surface area contributed by atoms with E-state index in [1.165, 1.54) is 0 Å². The minimum Gasteiger partial charge on any atom is -0.388 e. The zero-order chi connectivity index (χ0) is 18.7. The normalized spacial score (nSPS) is 28.3. The zero-order valence-corrected chi connectivity index (χ0v) is 14.9. The van der Waals surface area contributed by atoms with E-state index in [2.05, 4.69) is 5.32 Å². The lowest BCUT2D eigenvalue weighted by atomic mass is 10.0. The number of hydrogen-bond donors (Lipinski definition) is 3. The number of aliphatic hydroxyl groups excluding tert-OH is 2. The van der Waals surface area contributed by atoms with E-state index in [1.807, 2.05) is 19.1 Å². The lowest BCUT2D eigenvalue weighted by Crippen LogP contribution is -2.40. The van der Waals surface area contributed by atoms with Crippen LogP contribution in [0.4, 0.5) is 0 Å². The summed E-state index contributed by atoms with van der Waals surface area (Å²) in [6.45, 7) is 3.48. The Morgan fingerprint density at radius 1 is 1.12 bits per heavy atom. The molecule has 3 rings (SSSR count). The zero-order valence-electron chi connectivity index (χ0n) is 14.9. The van der Waals surface area contributed by atoms with Crippen LogP contribution in [-0.4, -0.2) is 71.0 Å². The van der Waals surface area contributed by atoms with Crippen molar-refractivity contribution < 1.29 is 24.5 Å². The molecular formula is C19H26N2O5. The van der Waals surface area contributed by atoms with Gasteiger partial charge in [0.1, 0.15) is 18.3 Å². The van der Waals surface area contributed by atoms with Gasteiger partial charge in [-0.1, -0.05) is 17.7 Å². The van der Waals surface area contributed by atoms with E-state index in [0.717, 1.165) is 31.5 Å². The molecule has 4 atom stereocenters. The van der Waals surface area contributed by atoms with Crippen molar-refractivity contribution in [1.82, 2.24) is 10.2 Å². The van der Waals surface area contributed by atoms with Gasteiger partial charge in [-0.15, -0.1) is 0 Å². The third kappa shape index (κ3) is 4.23. The number of carbonyl (C=O) groups is 2. The second kappa shape index (κ2) is 8.16. The molecule has 26 heavy (non-hydrogen) atoms. The Morgan fingerprint density at radius 2 is 1.73 bits per heavy atom. The molecule has 7 nitrogen and oxygen atoms in total. The van der Waals surface area contributed by atoms with E-state index in [9.17, 15) is 19.8 Å². The van der Waals surface area contributed by atoms with Gasteiger partial charge in [0, 0.05) is 25.2 Å². The molecule has 1 aromatic carbocycles. The highest BCUT2D eigenvalue weighted by molar-refractivity contribution is 5.94. The van der Waals surface area contributed by atoms with Crippen molar-refractivity contribution in [2.75, 3.05) is 19.6 Å². The third-order valence-electron chi connectivity index (χ3n) is 5.07. The van der Waals surface area contributed by atoms with Crippen LogP contribution in [0.3, 0.4) is 0 Å². The molecular weight excluding hydrogens is 336 g/mol. The molecule has 142 valence electrons. The molecule has 2 amide bonds. The molecule has 0 radical (unpaired) electrons. The van der Waals surface area contributed by atoms with E-state index < -0.39 is 24.4 Å². The number of nitrogens with one attached hydrogen (secondary N) is 1. The molecule has 2 saturated heterocycles. The van der Waals surface area contributed by atoms with Crippen LogP contribution in [0, 0.1) is 6.92 Å². The van der Waals surface area contributed by atoms with Gasteiger partial charge in [-0.25, -0.2) is 0 Å². The predicted molar refractivity (Wildman–Crippen MR) is 94.6 cm³/mol. The molecule has 2 heterocycles. The van der Waals surface area contributed by atoms with E-state index in [0.29, 0.717) is 5.56 Å². The number of nitrogens with zero attached hydrogens (tertiary/aromatic N) is 1. The van der Waals surface area contributed by atoms with Crippen LogP contribution >= 0.6 is 0 Å². The average molecular weight is 362 g/mol. The summed E-state index contributed by atoms with van der Waals surface area (Å²) >= 11 is 0. The standard InChI is InChI=1S/C19H26N2O5/c1-12-4-6-13(7-5-12)19(25)20-11-15-18(24)17(23)14(26-15)10-16(22)21-8-2-3-9-21/h4-7,14-15,17-18,23-24H,2-3,8-11H2,1H3,(H,20,25)/t14-,15+,17-,18+/m0/s1. The Kier molecular flexibility index (Phi) is 5.90. The van der Waals surface area contributed by atoms with Crippen molar-refractivity contribution in [2.45, 2.75) is 50.6 Å². The highest BCUT2D eigenvalue weighted by Crippen LogP contribution is 2.24. The molecule has 0 aliphatic carbocycles. The van der Waals surface area contributed by atoms with Gasteiger partial charge in [-0.05, 0) is 31.9 Å². The number of hydrogen-bond acceptors (Lipinski definition) is 5. The Hall–Kier alpha value is -1.96. The second-order valence-corrected chi connectivity index (χ2v) is 7.06. The van der Waals surface area contributed by atoms with E-state index in [1.54, 1.807) is 17.0 Å². The van der Waals surface area contributed by atoms with Crippen molar-refractivity contribution in [3.05, 3.63) is 35.4 Å². The monoisotopic (exact) mass is 362 g/mol. The highest BCUT2D eigenvalue weighted by Gasteiger charge is 2.43. The van der Waals surface area contributed by atoms with E-state index in [-0.39, 0.29) is 24.8 Å². The molecule has 0 spiro atoms. The van der Waals surface area contributed by atoms with Gasteiger partial charge in [-0.2, -0.15) is 0 Å². The molecule has 1 aromatic rings. The maximum Gasteiger partial charge on any atom is 0.251 e. The SMILES string of the molecule is Cc1ccc(C(=O)NC[C@H]2O[C@@H](CC(=O)N3CCCC3)[C@H](O)[C@@H]2O)cc1. The van der Waals surface area contributed by atoms with Gasteiger partial charge >= 0.3 is 0 Å². The van der Waals surface area contributed by atoms with Crippen LogP contribution in [-0.2, 0) is 9.53 Å². The van der Waals surface area contributed by atoms with Gasteiger partial charge in [0.2, 0.25) is 5.91 Å². The number of rotatable bonds is 5. The van der Waals surface area contributed by atoms with Crippen LogP contribution in [0.1, 0.15) is 35.2 Å². The number of benzene rings is 1. The second-order valence-electron chi connectivity index (χ2n) is 7.06. The average Bonchev–Trinajstić information content (AvgIpc) is 3.25. The molecule has 2 aliphatic rings. The summed E-state index contributed by atoms with van der Waals surface area (Å²) in [5.41, 5.74) is 1.58. The molecule has 0 unspecified atom stereocenters. The molecule has 0 saturated carbocycles. The molecule has 0 bridgehead atoms. The number of likely N-dealkylation sites (tertiary alicyclic amines) is 1. The first kappa shape index (κ1) is 18.8. The van der Waals surface area contributed by atoms with Crippen molar-refractivity contribution in [3.8, 4) is 0 Å². The Bertz CT molecular complexity index is 642. The van der Waals surface area contributed by atoms with Gasteiger partial charge < -0.3 is 25.2 Å². The first-order valence-corrected chi connectivity index (χ1v) is 9.10. The minimum atomic E-state index is -1.14. The predicted octanol–water partition coefficient (Wildman–Crippen LogP) is 0.227. The van der Waals surface area contributed by atoms with Gasteiger partial charge in [0.05, 0.1) is 12.5 Å². The van der Waals surface area contributed by atoms with Gasteiger partial charge in [0.25, 0.3) is 5.91 Å².